The predicted molar refractivity (Wildman–Crippen MR) is 147 cm³/mol. The molecule has 4 nitrogen and oxygen atoms in total. The number of rotatable bonds is 11. The lowest BCUT2D eigenvalue weighted by Crippen LogP contribution is -2.43. The predicted octanol–water partition coefficient (Wildman–Crippen LogP) is 5.60. The highest BCUT2D eigenvalue weighted by Crippen LogP contribution is 2.32. The molecule has 2 aromatic rings. The Kier molecular flexibility index (Phi) is 10.5. The van der Waals surface area contributed by atoms with Crippen LogP contribution >= 0.6 is 0 Å². The number of piperazine rings is 1. The molecule has 0 bridgehead atoms. The van der Waals surface area contributed by atoms with Crippen LogP contribution in [0.2, 0.25) is 0 Å². The second-order valence-corrected chi connectivity index (χ2v) is 9.26. The molecule has 0 radical (unpaired) electrons. The summed E-state index contributed by atoms with van der Waals surface area (Å²) in [5.74, 6) is 0.258. The average Bonchev–Trinajstić information content (AvgIpc) is 2.87. The molecule has 0 aliphatic carbocycles. The van der Waals surface area contributed by atoms with E-state index in [-0.39, 0.29) is 12.4 Å². The van der Waals surface area contributed by atoms with Crippen LogP contribution in [0.25, 0.3) is 5.57 Å². The Morgan fingerprint density at radius 2 is 1.63 bits per heavy atom. The van der Waals surface area contributed by atoms with Crippen molar-refractivity contribution in [1.29, 1.82) is 0 Å². The van der Waals surface area contributed by atoms with Crippen molar-refractivity contribution in [3.05, 3.63) is 107 Å². The van der Waals surface area contributed by atoms with Crippen molar-refractivity contribution in [2.24, 2.45) is 0 Å². The van der Waals surface area contributed by atoms with Crippen molar-refractivity contribution in [2.45, 2.75) is 32.7 Å². The second kappa shape index (κ2) is 13.8. The first kappa shape index (κ1) is 26.7. The Hall–Kier alpha value is -2.92. The molecule has 35 heavy (non-hydrogen) atoms. The van der Waals surface area contributed by atoms with E-state index in [2.05, 4.69) is 53.8 Å². The Balaban J connectivity index is 1.93. The summed E-state index contributed by atoms with van der Waals surface area (Å²) < 4.78 is 0. The van der Waals surface area contributed by atoms with Crippen LogP contribution < -0.4 is 0 Å². The number of nitrogens with zero attached hydrogens (tertiary/aromatic N) is 2. The normalized spacial score (nSPS) is 16.5. The summed E-state index contributed by atoms with van der Waals surface area (Å²) in [5.41, 5.74) is 7.17. The minimum Gasteiger partial charge on any atom is -0.508 e. The quantitative estimate of drug-likeness (QED) is 0.418. The van der Waals surface area contributed by atoms with Gasteiger partial charge in [-0.15, -0.1) is 0 Å². The number of hydrogen-bond acceptors (Lipinski definition) is 4. The maximum atomic E-state index is 9.87. The van der Waals surface area contributed by atoms with Crippen LogP contribution in [0.3, 0.4) is 0 Å². The van der Waals surface area contributed by atoms with Gasteiger partial charge in [-0.2, -0.15) is 0 Å². The molecule has 4 heteroatoms. The summed E-state index contributed by atoms with van der Waals surface area (Å²) >= 11 is 0. The molecule has 0 atom stereocenters. The standard InChI is InChI=1S/C31H40N2O2/c1-4-7-27(8-5-2)30(9-6-22-34)31(28-14-16-29(35)17-15-28)23-25-10-12-26(13-11-25)24-33-20-18-32(3)19-21-33/h4-5,7-8,10-17,34-35H,1,6,9,18-24H2,2-3H3/b8-5-,27-7+,31-30+. The fraction of sp³-hybridized carbons (Fsp3) is 0.355. The van der Waals surface area contributed by atoms with Gasteiger partial charge in [0.2, 0.25) is 0 Å². The van der Waals surface area contributed by atoms with Gasteiger partial charge < -0.3 is 15.1 Å². The summed E-state index contributed by atoms with van der Waals surface area (Å²) in [6.07, 6.45) is 10.2. The van der Waals surface area contributed by atoms with Gasteiger partial charge in [0.05, 0.1) is 0 Å². The van der Waals surface area contributed by atoms with E-state index in [9.17, 15) is 10.2 Å². The maximum Gasteiger partial charge on any atom is 0.115 e. The maximum absolute atomic E-state index is 9.87. The second-order valence-electron chi connectivity index (χ2n) is 9.26. The first-order valence-corrected chi connectivity index (χ1v) is 12.6. The van der Waals surface area contributed by atoms with Crippen LogP contribution in [0, 0.1) is 0 Å². The monoisotopic (exact) mass is 472 g/mol. The Morgan fingerprint density at radius 3 is 2.23 bits per heavy atom. The Bertz CT molecular complexity index is 1020. The third-order valence-electron chi connectivity index (χ3n) is 6.56. The van der Waals surface area contributed by atoms with E-state index in [0.29, 0.717) is 6.42 Å². The molecule has 0 spiro atoms. The van der Waals surface area contributed by atoms with E-state index in [4.69, 9.17) is 0 Å². The molecule has 1 aliphatic heterocycles. The smallest absolute Gasteiger partial charge is 0.115 e. The van der Waals surface area contributed by atoms with Crippen LogP contribution in [-0.4, -0.2) is 59.8 Å². The van der Waals surface area contributed by atoms with Crippen LogP contribution in [0.5, 0.6) is 5.75 Å². The minimum atomic E-state index is 0.143. The van der Waals surface area contributed by atoms with Crippen molar-refractivity contribution in [3.63, 3.8) is 0 Å². The number of phenols is 1. The number of benzene rings is 2. The number of aromatic hydroxyl groups is 1. The Labute approximate surface area is 211 Å². The van der Waals surface area contributed by atoms with Gasteiger partial charge in [-0.25, -0.2) is 0 Å². The molecule has 2 N–H and O–H groups in total. The molecule has 3 rings (SSSR count). The van der Waals surface area contributed by atoms with Crippen LogP contribution in [0.15, 0.2) is 90.6 Å². The summed E-state index contributed by atoms with van der Waals surface area (Å²) in [6, 6.07) is 16.4. The molecule has 1 aliphatic rings. The lowest BCUT2D eigenvalue weighted by Gasteiger charge is -2.32. The van der Waals surface area contributed by atoms with Gasteiger partial charge in [-0.3, -0.25) is 4.90 Å². The van der Waals surface area contributed by atoms with E-state index < -0.39 is 0 Å². The summed E-state index contributed by atoms with van der Waals surface area (Å²) in [7, 11) is 2.19. The highest BCUT2D eigenvalue weighted by molar-refractivity contribution is 5.75. The average molecular weight is 473 g/mol. The molecule has 1 fully saturated rings. The topological polar surface area (TPSA) is 46.9 Å². The largest absolute Gasteiger partial charge is 0.508 e. The van der Waals surface area contributed by atoms with Gasteiger partial charge in [-0.05, 0) is 78.8 Å². The van der Waals surface area contributed by atoms with Crippen LogP contribution in [-0.2, 0) is 13.0 Å². The van der Waals surface area contributed by atoms with Gasteiger partial charge in [0.15, 0.2) is 0 Å². The molecule has 0 unspecified atom stereocenters. The van der Waals surface area contributed by atoms with E-state index in [1.807, 2.05) is 37.3 Å². The van der Waals surface area contributed by atoms with Crippen molar-refractivity contribution in [1.82, 2.24) is 9.80 Å². The minimum absolute atomic E-state index is 0.143. The van der Waals surface area contributed by atoms with E-state index in [1.54, 1.807) is 12.1 Å². The van der Waals surface area contributed by atoms with E-state index in [0.717, 1.165) is 56.7 Å². The molecular weight excluding hydrogens is 432 g/mol. The molecule has 1 saturated heterocycles. The first-order valence-electron chi connectivity index (χ1n) is 12.6. The number of likely N-dealkylation sites (N-methyl/N-ethyl adjacent to an activating group) is 1. The van der Waals surface area contributed by atoms with Crippen molar-refractivity contribution < 1.29 is 10.2 Å². The number of allylic oxidation sites excluding steroid dienone is 7. The Morgan fingerprint density at radius 1 is 0.971 bits per heavy atom. The van der Waals surface area contributed by atoms with E-state index in [1.165, 1.54) is 22.3 Å². The molecule has 2 aromatic carbocycles. The molecular formula is C31H40N2O2. The lowest BCUT2D eigenvalue weighted by atomic mass is 9.87. The fourth-order valence-corrected chi connectivity index (χ4v) is 4.56. The zero-order valence-electron chi connectivity index (χ0n) is 21.3. The van der Waals surface area contributed by atoms with Crippen molar-refractivity contribution in [2.75, 3.05) is 39.8 Å². The van der Waals surface area contributed by atoms with Gasteiger partial charge in [0.1, 0.15) is 5.75 Å². The number of aliphatic hydroxyl groups excluding tert-OH is 1. The van der Waals surface area contributed by atoms with E-state index >= 15 is 0 Å². The number of aliphatic hydroxyl groups is 1. The molecule has 0 saturated carbocycles. The third-order valence-corrected chi connectivity index (χ3v) is 6.56. The van der Waals surface area contributed by atoms with Crippen LogP contribution in [0.1, 0.15) is 36.5 Å². The highest BCUT2D eigenvalue weighted by Gasteiger charge is 2.15. The fourth-order valence-electron chi connectivity index (χ4n) is 4.56. The summed E-state index contributed by atoms with van der Waals surface area (Å²) in [4.78, 5) is 4.90. The molecule has 0 aromatic heterocycles. The third kappa shape index (κ3) is 8.07. The SMILES string of the molecule is C=C/C=C(\C=C/C)C(/CCCO)=C(\Cc1ccc(CN2CCN(C)CC2)cc1)c1ccc(O)cc1. The van der Waals surface area contributed by atoms with Crippen LogP contribution in [0.4, 0.5) is 0 Å². The zero-order valence-corrected chi connectivity index (χ0v) is 21.3. The zero-order chi connectivity index (χ0) is 25.0. The van der Waals surface area contributed by atoms with Gasteiger partial charge in [0, 0.05) is 39.3 Å². The number of hydrogen-bond donors (Lipinski definition) is 2. The molecule has 186 valence electrons. The van der Waals surface area contributed by atoms with Gasteiger partial charge >= 0.3 is 0 Å². The first-order chi connectivity index (χ1) is 17.0. The molecule has 1 heterocycles. The summed E-state index contributed by atoms with van der Waals surface area (Å²) in [5, 5.41) is 19.5. The van der Waals surface area contributed by atoms with Crippen molar-refractivity contribution in [3.8, 4) is 5.75 Å². The van der Waals surface area contributed by atoms with Gasteiger partial charge in [0.25, 0.3) is 0 Å². The molecule has 0 amide bonds. The lowest BCUT2D eigenvalue weighted by molar-refractivity contribution is 0.148. The van der Waals surface area contributed by atoms with Gasteiger partial charge in [-0.1, -0.05) is 67.3 Å². The highest BCUT2D eigenvalue weighted by atomic mass is 16.3. The number of phenolic OH excluding ortho intramolecular Hbond substituents is 1. The summed E-state index contributed by atoms with van der Waals surface area (Å²) in [6.45, 7) is 11.5. The van der Waals surface area contributed by atoms with Crippen molar-refractivity contribution >= 4 is 5.57 Å².